The van der Waals surface area contributed by atoms with E-state index in [2.05, 4.69) is 36.4 Å². The number of unbranched alkanes of at least 4 members (excludes halogenated alkanes) is 1. The SMILES string of the molecule is O=C(O)CCCCC(C=Cc1ccccc1OCc1cccc2ccccc12)Cc1ccc(C(=O)O)cc1. The Bertz CT molecular complexity index is 1400. The first-order chi connectivity index (χ1) is 18.5. The Morgan fingerprint density at radius 2 is 1.55 bits per heavy atom. The molecular weight excluding hydrogens is 476 g/mol. The van der Waals surface area contributed by atoms with E-state index in [9.17, 15) is 14.7 Å². The summed E-state index contributed by atoms with van der Waals surface area (Å²) in [6.45, 7) is 0.459. The summed E-state index contributed by atoms with van der Waals surface area (Å²) in [5, 5.41) is 20.5. The highest BCUT2D eigenvalue weighted by Gasteiger charge is 2.10. The maximum absolute atomic E-state index is 11.2. The molecule has 4 aromatic carbocycles. The number of hydrogen-bond acceptors (Lipinski definition) is 3. The number of aromatic carboxylic acids is 1. The van der Waals surface area contributed by atoms with Crippen LogP contribution in [0.1, 0.15) is 52.7 Å². The molecule has 1 unspecified atom stereocenters. The normalized spacial score (nSPS) is 12.0. The van der Waals surface area contributed by atoms with E-state index in [0.717, 1.165) is 41.7 Å². The number of benzene rings is 4. The molecule has 0 aromatic heterocycles. The number of carboxylic acid groups (broad SMARTS) is 2. The third kappa shape index (κ3) is 7.56. The van der Waals surface area contributed by atoms with Gasteiger partial charge in [-0.3, -0.25) is 4.79 Å². The van der Waals surface area contributed by atoms with Gasteiger partial charge in [0.2, 0.25) is 0 Å². The van der Waals surface area contributed by atoms with Crippen LogP contribution in [0.25, 0.3) is 16.8 Å². The van der Waals surface area contributed by atoms with Gasteiger partial charge in [-0.2, -0.15) is 0 Å². The Morgan fingerprint density at radius 1 is 0.816 bits per heavy atom. The van der Waals surface area contributed by atoms with Gasteiger partial charge in [0.1, 0.15) is 12.4 Å². The third-order valence-electron chi connectivity index (χ3n) is 6.64. The topological polar surface area (TPSA) is 83.8 Å². The number of allylic oxidation sites excluding steroid dienone is 1. The van der Waals surface area contributed by atoms with Gasteiger partial charge in [0.15, 0.2) is 0 Å². The van der Waals surface area contributed by atoms with E-state index in [1.165, 1.54) is 10.8 Å². The number of ether oxygens (including phenoxy) is 1. The van der Waals surface area contributed by atoms with Crippen molar-refractivity contribution in [3.8, 4) is 5.75 Å². The molecule has 1 atom stereocenters. The van der Waals surface area contributed by atoms with Crippen molar-refractivity contribution in [3.63, 3.8) is 0 Å². The van der Waals surface area contributed by atoms with E-state index in [-0.39, 0.29) is 17.9 Å². The third-order valence-corrected chi connectivity index (χ3v) is 6.64. The lowest BCUT2D eigenvalue weighted by Gasteiger charge is -2.14. The second-order valence-corrected chi connectivity index (χ2v) is 9.43. The fraction of sp³-hybridized carbons (Fsp3) is 0.212. The first-order valence-electron chi connectivity index (χ1n) is 12.9. The van der Waals surface area contributed by atoms with Crippen molar-refractivity contribution >= 4 is 28.8 Å². The molecule has 0 aliphatic carbocycles. The Hall–Kier alpha value is -4.38. The van der Waals surface area contributed by atoms with E-state index in [1.54, 1.807) is 12.1 Å². The van der Waals surface area contributed by atoms with E-state index in [4.69, 9.17) is 9.84 Å². The van der Waals surface area contributed by atoms with Gasteiger partial charge in [-0.15, -0.1) is 0 Å². The molecule has 38 heavy (non-hydrogen) atoms. The molecule has 0 aliphatic rings. The molecule has 0 saturated heterocycles. The van der Waals surface area contributed by atoms with Crippen molar-refractivity contribution in [3.05, 3.63) is 119 Å². The van der Waals surface area contributed by atoms with Gasteiger partial charge in [-0.25, -0.2) is 4.79 Å². The van der Waals surface area contributed by atoms with Gasteiger partial charge in [0.25, 0.3) is 0 Å². The highest BCUT2D eigenvalue weighted by Crippen LogP contribution is 2.26. The summed E-state index contributed by atoms with van der Waals surface area (Å²) in [6, 6.07) is 29.4. The van der Waals surface area contributed by atoms with Crippen molar-refractivity contribution in [2.75, 3.05) is 0 Å². The van der Waals surface area contributed by atoms with Gasteiger partial charge >= 0.3 is 11.9 Å². The minimum Gasteiger partial charge on any atom is -0.488 e. The summed E-state index contributed by atoms with van der Waals surface area (Å²) in [5.41, 5.74) is 3.41. The van der Waals surface area contributed by atoms with Gasteiger partial charge in [0.05, 0.1) is 5.56 Å². The van der Waals surface area contributed by atoms with Gasteiger partial charge in [-0.05, 0) is 65.3 Å². The van der Waals surface area contributed by atoms with Crippen LogP contribution in [0.4, 0.5) is 0 Å². The molecule has 0 amide bonds. The standard InChI is InChI=1S/C33H32O5/c34-32(35)15-6-1-8-24(22-25-17-20-28(21-18-25)33(36)37)16-19-27-10-3-5-14-31(27)38-23-29-12-7-11-26-9-2-4-13-30(26)29/h2-5,7,9-14,16-21,24H,1,6,8,15,22-23H2,(H,34,35)(H,36,37). The second kappa shape index (κ2) is 13.2. The van der Waals surface area contributed by atoms with Crippen LogP contribution < -0.4 is 4.74 Å². The van der Waals surface area contributed by atoms with Gasteiger partial charge in [0, 0.05) is 12.0 Å². The van der Waals surface area contributed by atoms with E-state index >= 15 is 0 Å². The van der Waals surface area contributed by atoms with Crippen LogP contribution in [0, 0.1) is 5.92 Å². The zero-order valence-corrected chi connectivity index (χ0v) is 21.3. The van der Waals surface area contributed by atoms with E-state index < -0.39 is 11.9 Å². The molecule has 0 radical (unpaired) electrons. The fourth-order valence-electron chi connectivity index (χ4n) is 4.60. The van der Waals surface area contributed by atoms with Crippen LogP contribution in [0.3, 0.4) is 0 Å². The van der Waals surface area contributed by atoms with Crippen molar-refractivity contribution in [1.29, 1.82) is 0 Å². The van der Waals surface area contributed by atoms with Gasteiger partial charge in [-0.1, -0.05) is 91.4 Å². The second-order valence-electron chi connectivity index (χ2n) is 9.43. The maximum Gasteiger partial charge on any atom is 0.335 e. The number of carbonyl (C=O) groups is 2. The maximum atomic E-state index is 11.2. The van der Waals surface area contributed by atoms with Crippen LogP contribution in [-0.4, -0.2) is 22.2 Å². The number of hydrogen-bond donors (Lipinski definition) is 2. The predicted molar refractivity (Wildman–Crippen MR) is 150 cm³/mol. The number of aliphatic carboxylic acids is 1. The summed E-state index contributed by atoms with van der Waals surface area (Å²) in [4.78, 5) is 22.1. The molecule has 5 heteroatoms. The summed E-state index contributed by atoms with van der Waals surface area (Å²) in [6.07, 6.45) is 7.40. The summed E-state index contributed by atoms with van der Waals surface area (Å²) >= 11 is 0. The van der Waals surface area contributed by atoms with Crippen LogP contribution in [0.2, 0.25) is 0 Å². The Kier molecular flexibility index (Phi) is 9.30. The van der Waals surface area contributed by atoms with E-state index in [1.807, 2.05) is 54.6 Å². The first kappa shape index (κ1) is 26.7. The van der Waals surface area contributed by atoms with Crippen molar-refractivity contribution in [2.45, 2.75) is 38.7 Å². The number of fused-ring (bicyclic) bond motifs is 1. The quantitative estimate of drug-likeness (QED) is 0.181. The molecule has 0 fully saturated rings. The van der Waals surface area contributed by atoms with Gasteiger partial charge < -0.3 is 14.9 Å². The smallest absolute Gasteiger partial charge is 0.335 e. The molecule has 0 spiro atoms. The lowest BCUT2D eigenvalue weighted by molar-refractivity contribution is -0.137. The Balaban J connectivity index is 1.48. The summed E-state index contributed by atoms with van der Waals surface area (Å²) in [5.74, 6) is -0.752. The molecule has 4 rings (SSSR count). The lowest BCUT2D eigenvalue weighted by Crippen LogP contribution is -2.04. The first-order valence-corrected chi connectivity index (χ1v) is 12.9. The van der Waals surface area contributed by atoms with Crippen molar-refractivity contribution in [2.24, 2.45) is 5.92 Å². The predicted octanol–water partition coefficient (Wildman–Crippen LogP) is 7.63. The zero-order valence-electron chi connectivity index (χ0n) is 21.3. The van der Waals surface area contributed by atoms with Crippen LogP contribution in [0.15, 0.2) is 97.1 Å². The number of carboxylic acids is 2. The molecule has 0 heterocycles. The molecule has 0 aliphatic heterocycles. The largest absolute Gasteiger partial charge is 0.488 e. The monoisotopic (exact) mass is 508 g/mol. The highest BCUT2D eigenvalue weighted by molar-refractivity contribution is 5.87. The lowest BCUT2D eigenvalue weighted by atomic mass is 9.92. The Morgan fingerprint density at radius 3 is 2.34 bits per heavy atom. The molecule has 194 valence electrons. The average molecular weight is 509 g/mol. The van der Waals surface area contributed by atoms with Crippen molar-refractivity contribution < 1.29 is 24.5 Å². The molecule has 4 aromatic rings. The van der Waals surface area contributed by atoms with Crippen LogP contribution in [0.5, 0.6) is 5.75 Å². The minimum absolute atomic E-state index is 0.161. The number of rotatable bonds is 13. The highest BCUT2D eigenvalue weighted by atomic mass is 16.5. The molecule has 0 bridgehead atoms. The fourth-order valence-corrected chi connectivity index (χ4v) is 4.60. The Labute approximate surface area is 223 Å². The molecular formula is C33H32O5. The molecule has 0 saturated carbocycles. The van der Waals surface area contributed by atoms with Crippen molar-refractivity contribution in [1.82, 2.24) is 0 Å². The summed E-state index contributed by atoms with van der Waals surface area (Å²) in [7, 11) is 0. The minimum atomic E-state index is -0.943. The molecule has 5 nitrogen and oxygen atoms in total. The zero-order chi connectivity index (χ0) is 26.7. The average Bonchev–Trinajstić information content (AvgIpc) is 2.93. The van der Waals surface area contributed by atoms with Crippen LogP contribution >= 0.6 is 0 Å². The van der Waals surface area contributed by atoms with Crippen LogP contribution in [-0.2, 0) is 17.8 Å². The van der Waals surface area contributed by atoms with E-state index in [0.29, 0.717) is 13.0 Å². The summed E-state index contributed by atoms with van der Waals surface area (Å²) < 4.78 is 6.27. The number of para-hydroxylation sites is 1. The molecule has 2 N–H and O–H groups in total.